The second-order valence-electron chi connectivity index (χ2n) is 6.93. The number of pyridine rings is 1. The van der Waals surface area contributed by atoms with Crippen LogP contribution in [0.2, 0.25) is 0 Å². The molecular formula is C22H21N5OS. The van der Waals surface area contributed by atoms with Crippen LogP contribution in [0.3, 0.4) is 0 Å². The Morgan fingerprint density at radius 1 is 1.17 bits per heavy atom. The molecule has 0 aliphatic rings. The number of amides is 1. The molecule has 0 saturated carbocycles. The molecule has 0 unspecified atom stereocenters. The number of nitrogens with one attached hydrogen (secondary N) is 1. The Morgan fingerprint density at radius 3 is 2.69 bits per heavy atom. The van der Waals surface area contributed by atoms with Crippen LogP contribution in [0.25, 0.3) is 16.9 Å². The van der Waals surface area contributed by atoms with E-state index in [0.29, 0.717) is 23.7 Å². The van der Waals surface area contributed by atoms with Gasteiger partial charge in [-0.1, -0.05) is 32.0 Å². The lowest BCUT2D eigenvalue weighted by atomic mass is 10.1. The zero-order valence-electron chi connectivity index (χ0n) is 16.2. The molecule has 0 radical (unpaired) electrons. The zero-order chi connectivity index (χ0) is 20.2. The highest BCUT2D eigenvalue weighted by atomic mass is 32.1. The summed E-state index contributed by atoms with van der Waals surface area (Å²) in [6, 6.07) is 13.5. The van der Waals surface area contributed by atoms with Crippen molar-refractivity contribution in [3.8, 4) is 16.9 Å². The van der Waals surface area contributed by atoms with Crippen LogP contribution in [0, 0.1) is 0 Å². The minimum absolute atomic E-state index is 0.190. The van der Waals surface area contributed by atoms with Gasteiger partial charge >= 0.3 is 0 Å². The number of nitrogens with zero attached hydrogens (tertiary/aromatic N) is 4. The highest BCUT2D eigenvalue weighted by molar-refractivity contribution is 7.09. The SMILES string of the molecule is CC(C)c1nc(CNC(=O)c2cn(-c3ccccc3)nc2-c2cccnc2)cs1. The van der Waals surface area contributed by atoms with Crippen molar-refractivity contribution in [1.29, 1.82) is 0 Å². The first-order valence-electron chi connectivity index (χ1n) is 9.40. The van der Waals surface area contributed by atoms with E-state index in [0.717, 1.165) is 22.0 Å². The van der Waals surface area contributed by atoms with Gasteiger partial charge < -0.3 is 5.32 Å². The lowest BCUT2D eigenvalue weighted by molar-refractivity contribution is 0.0951. The van der Waals surface area contributed by atoms with Crippen LogP contribution in [-0.2, 0) is 6.54 Å². The van der Waals surface area contributed by atoms with E-state index in [1.54, 1.807) is 34.6 Å². The van der Waals surface area contributed by atoms with Gasteiger partial charge in [0, 0.05) is 35.5 Å². The molecule has 1 aromatic carbocycles. The number of para-hydroxylation sites is 1. The Hall–Kier alpha value is -3.32. The van der Waals surface area contributed by atoms with Crippen LogP contribution in [-0.4, -0.2) is 25.7 Å². The van der Waals surface area contributed by atoms with Gasteiger partial charge in [0.2, 0.25) is 0 Å². The van der Waals surface area contributed by atoms with Crippen LogP contribution in [0.15, 0.2) is 66.4 Å². The molecule has 0 atom stereocenters. The topological polar surface area (TPSA) is 72.7 Å². The van der Waals surface area contributed by atoms with Crippen molar-refractivity contribution >= 4 is 17.2 Å². The predicted octanol–water partition coefficient (Wildman–Crippen LogP) is 4.44. The summed E-state index contributed by atoms with van der Waals surface area (Å²) in [4.78, 5) is 21.7. The number of hydrogen-bond donors (Lipinski definition) is 1. The molecule has 1 N–H and O–H groups in total. The second-order valence-corrected chi connectivity index (χ2v) is 7.82. The molecule has 29 heavy (non-hydrogen) atoms. The van der Waals surface area contributed by atoms with Crippen LogP contribution in [0.1, 0.15) is 40.8 Å². The third-order valence-electron chi connectivity index (χ3n) is 4.41. The molecule has 0 spiro atoms. The van der Waals surface area contributed by atoms with Gasteiger partial charge in [-0.25, -0.2) is 9.67 Å². The van der Waals surface area contributed by atoms with Crippen LogP contribution >= 0.6 is 11.3 Å². The summed E-state index contributed by atoms with van der Waals surface area (Å²) in [7, 11) is 0. The summed E-state index contributed by atoms with van der Waals surface area (Å²) in [5, 5.41) is 10.7. The van der Waals surface area contributed by atoms with Crippen molar-refractivity contribution in [2.75, 3.05) is 0 Å². The highest BCUT2D eigenvalue weighted by Crippen LogP contribution is 2.23. The van der Waals surface area contributed by atoms with Crippen molar-refractivity contribution in [2.45, 2.75) is 26.3 Å². The number of benzene rings is 1. The molecule has 1 amide bonds. The van der Waals surface area contributed by atoms with Gasteiger partial charge in [-0.05, 0) is 24.3 Å². The van der Waals surface area contributed by atoms with Crippen LogP contribution in [0.5, 0.6) is 0 Å². The average molecular weight is 404 g/mol. The third kappa shape index (κ3) is 4.25. The molecule has 3 heterocycles. The average Bonchev–Trinajstić information content (AvgIpc) is 3.41. The normalized spacial score (nSPS) is 11.0. The zero-order valence-corrected chi connectivity index (χ0v) is 17.1. The van der Waals surface area contributed by atoms with E-state index in [-0.39, 0.29) is 5.91 Å². The van der Waals surface area contributed by atoms with Crippen molar-refractivity contribution in [3.05, 3.63) is 82.7 Å². The molecule has 4 rings (SSSR count). The summed E-state index contributed by atoms with van der Waals surface area (Å²) in [5.74, 6) is 0.191. The van der Waals surface area contributed by atoms with E-state index >= 15 is 0 Å². The van der Waals surface area contributed by atoms with E-state index in [1.807, 2.05) is 47.8 Å². The molecule has 6 nitrogen and oxygen atoms in total. The van der Waals surface area contributed by atoms with E-state index in [9.17, 15) is 4.79 Å². The fourth-order valence-electron chi connectivity index (χ4n) is 2.90. The molecule has 0 saturated heterocycles. The van der Waals surface area contributed by atoms with E-state index in [4.69, 9.17) is 0 Å². The second kappa shape index (κ2) is 8.36. The molecular weight excluding hydrogens is 382 g/mol. The van der Waals surface area contributed by atoms with Gasteiger partial charge in [-0.2, -0.15) is 5.10 Å². The molecule has 4 aromatic rings. The number of hydrogen-bond acceptors (Lipinski definition) is 5. The highest BCUT2D eigenvalue weighted by Gasteiger charge is 2.19. The van der Waals surface area contributed by atoms with Crippen molar-refractivity contribution in [3.63, 3.8) is 0 Å². The summed E-state index contributed by atoms with van der Waals surface area (Å²) < 4.78 is 1.72. The van der Waals surface area contributed by atoms with Gasteiger partial charge in [0.25, 0.3) is 5.91 Å². The maximum Gasteiger partial charge on any atom is 0.255 e. The Balaban J connectivity index is 1.62. The van der Waals surface area contributed by atoms with Crippen LogP contribution < -0.4 is 5.32 Å². The predicted molar refractivity (Wildman–Crippen MR) is 114 cm³/mol. The standard InChI is InChI=1S/C22H21N5OS/c1-15(2)22-25-17(14-29-22)12-24-21(28)19-13-27(18-8-4-3-5-9-18)26-20(19)16-7-6-10-23-11-16/h3-11,13-15H,12H2,1-2H3,(H,24,28). The molecule has 3 aromatic heterocycles. The molecule has 0 aliphatic heterocycles. The van der Waals surface area contributed by atoms with Gasteiger partial charge in [0.1, 0.15) is 5.69 Å². The number of aromatic nitrogens is 4. The Morgan fingerprint density at radius 2 is 2.00 bits per heavy atom. The molecule has 0 bridgehead atoms. The first-order chi connectivity index (χ1) is 14.1. The third-order valence-corrected chi connectivity index (χ3v) is 5.60. The summed E-state index contributed by atoms with van der Waals surface area (Å²) >= 11 is 1.62. The lowest BCUT2D eigenvalue weighted by Crippen LogP contribution is -2.23. The Labute approximate surface area is 173 Å². The maximum absolute atomic E-state index is 13.0. The van der Waals surface area contributed by atoms with E-state index < -0.39 is 0 Å². The fraction of sp³-hybridized carbons (Fsp3) is 0.182. The van der Waals surface area contributed by atoms with Gasteiger partial charge in [-0.15, -0.1) is 11.3 Å². The summed E-state index contributed by atoms with van der Waals surface area (Å²) in [6.45, 7) is 4.60. The van der Waals surface area contributed by atoms with E-state index in [1.165, 1.54) is 0 Å². The summed E-state index contributed by atoms with van der Waals surface area (Å²) in [5.41, 5.74) is 3.65. The Bertz CT molecular complexity index is 1100. The fourth-order valence-corrected chi connectivity index (χ4v) is 3.74. The maximum atomic E-state index is 13.0. The lowest BCUT2D eigenvalue weighted by Gasteiger charge is -2.04. The first kappa shape index (κ1) is 19.0. The number of rotatable bonds is 6. The quantitative estimate of drug-likeness (QED) is 0.516. The minimum atomic E-state index is -0.190. The monoisotopic (exact) mass is 403 g/mol. The molecule has 0 aliphatic carbocycles. The smallest absolute Gasteiger partial charge is 0.255 e. The molecule has 7 heteroatoms. The first-order valence-corrected chi connectivity index (χ1v) is 10.3. The van der Waals surface area contributed by atoms with Crippen molar-refractivity contribution in [2.24, 2.45) is 0 Å². The van der Waals surface area contributed by atoms with E-state index in [2.05, 4.69) is 34.2 Å². The van der Waals surface area contributed by atoms with Crippen LogP contribution in [0.4, 0.5) is 0 Å². The van der Waals surface area contributed by atoms with Crippen molar-refractivity contribution < 1.29 is 4.79 Å². The minimum Gasteiger partial charge on any atom is -0.346 e. The summed E-state index contributed by atoms with van der Waals surface area (Å²) in [6.07, 6.45) is 5.17. The molecule has 146 valence electrons. The number of carbonyl (C=O) groups is 1. The van der Waals surface area contributed by atoms with Gasteiger partial charge in [0.15, 0.2) is 0 Å². The van der Waals surface area contributed by atoms with Gasteiger partial charge in [-0.3, -0.25) is 9.78 Å². The number of thiazole rings is 1. The van der Waals surface area contributed by atoms with Crippen molar-refractivity contribution in [1.82, 2.24) is 25.1 Å². The Kier molecular flexibility index (Phi) is 5.48. The largest absolute Gasteiger partial charge is 0.346 e. The van der Waals surface area contributed by atoms with Gasteiger partial charge in [0.05, 0.1) is 28.5 Å². The number of carbonyl (C=O) groups excluding carboxylic acids is 1. The molecule has 0 fully saturated rings.